The van der Waals surface area contributed by atoms with Gasteiger partial charge in [-0.3, -0.25) is 14.4 Å². The van der Waals surface area contributed by atoms with Crippen molar-refractivity contribution in [3.8, 4) is 0 Å². The summed E-state index contributed by atoms with van der Waals surface area (Å²) >= 11 is 0. The number of hydrogen-bond acceptors (Lipinski definition) is 6. The van der Waals surface area contributed by atoms with Crippen LogP contribution in [-0.4, -0.2) is 37.2 Å². The lowest BCUT2D eigenvalue weighted by atomic mass is 10.1. The Kier molecular flexibility index (Phi) is 52.4. The van der Waals surface area contributed by atoms with Crippen molar-refractivity contribution in [2.24, 2.45) is 0 Å². The first-order valence-electron chi connectivity index (χ1n) is 28.1. The fourth-order valence-corrected chi connectivity index (χ4v) is 7.59. The summed E-state index contributed by atoms with van der Waals surface area (Å²) in [7, 11) is 0. The van der Waals surface area contributed by atoms with Crippen LogP contribution in [0.1, 0.15) is 265 Å². The Hall–Kier alpha value is -3.41. The van der Waals surface area contributed by atoms with E-state index in [-0.39, 0.29) is 37.5 Å². The van der Waals surface area contributed by atoms with Crippen LogP contribution >= 0.6 is 0 Å². The number of allylic oxidation sites excluding steroid dienone is 14. The molecule has 0 bridgehead atoms. The van der Waals surface area contributed by atoms with Crippen molar-refractivity contribution in [1.29, 1.82) is 0 Å². The summed E-state index contributed by atoms with van der Waals surface area (Å²) in [6, 6.07) is 0. The predicted molar refractivity (Wildman–Crippen MR) is 288 cm³/mol. The van der Waals surface area contributed by atoms with E-state index in [1.54, 1.807) is 0 Å². The van der Waals surface area contributed by atoms with E-state index in [9.17, 15) is 14.4 Å². The van der Waals surface area contributed by atoms with Gasteiger partial charge in [0.2, 0.25) is 0 Å². The van der Waals surface area contributed by atoms with Crippen LogP contribution in [0.5, 0.6) is 0 Å². The molecule has 6 nitrogen and oxygen atoms in total. The largest absolute Gasteiger partial charge is 0.462 e. The number of unbranched alkanes of at least 4 members (excludes halogenated alkanes) is 25. The summed E-state index contributed by atoms with van der Waals surface area (Å²) < 4.78 is 16.8. The molecule has 0 unspecified atom stereocenters. The average molecular weight is 933 g/mol. The monoisotopic (exact) mass is 933 g/mol. The van der Waals surface area contributed by atoms with Gasteiger partial charge in [-0.25, -0.2) is 0 Å². The third-order valence-electron chi connectivity index (χ3n) is 11.9. The summed E-state index contributed by atoms with van der Waals surface area (Å²) in [5.41, 5.74) is 0. The van der Waals surface area contributed by atoms with Gasteiger partial charge in [0.15, 0.2) is 6.10 Å². The predicted octanol–water partition coefficient (Wildman–Crippen LogP) is 18.8. The van der Waals surface area contributed by atoms with Crippen LogP contribution in [0.2, 0.25) is 0 Å². The first-order valence-corrected chi connectivity index (χ1v) is 28.1. The molecule has 0 amide bonds. The smallest absolute Gasteiger partial charge is 0.306 e. The van der Waals surface area contributed by atoms with Crippen molar-refractivity contribution in [1.82, 2.24) is 0 Å². The van der Waals surface area contributed by atoms with Crippen molar-refractivity contribution in [3.63, 3.8) is 0 Å². The van der Waals surface area contributed by atoms with Crippen molar-refractivity contribution in [2.45, 2.75) is 271 Å². The zero-order valence-electron chi connectivity index (χ0n) is 43.9. The summed E-state index contributed by atoms with van der Waals surface area (Å²) in [6.45, 7) is 6.52. The molecule has 0 aliphatic heterocycles. The van der Waals surface area contributed by atoms with Gasteiger partial charge in [0.05, 0.1) is 0 Å². The highest BCUT2D eigenvalue weighted by molar-refractivity contribution is 5.71. The third kappa shape index (κ3) is 53.4. The normalized spacial score (nSPS) is 12.7. The molecule has 0 aliphatic carbocycles. The zero-order chi connectivity index (χ0) is 48.6. The first kappa shape index (κ1) is 63.6. The highest BCUT2D eigenvalue weighted by Gasteiger charge is 2.19. The Morgan fingerprint density at radius 3 is 0.985 bits per heavy atom. The van der Waals surface area contributed by atoms with Crippen molar-refractivity contribution in [3.05, 3.63) is 85.1 Å². The molecule has 0 aromatic rings. The maximum absolute atomic E-state index is 12.8. The van der Waals surface area contributed by atoms with Gasteiger partial charge >= 0.3 is 17.9 Å². The van der Waals surface area contributed by atoms with Gasteiger partial charge in [-0.1, -0.05) is 221 Å². The minimum absolute atomic E-state index is 0.105. The third-order valence-corrected chi connectivity index (χ3v) is 11.9. The van der Waals surface area contributed by atoms with Crippen LogP contribution in [0.15, 0.2) is 85.1 Å². The van der Waals surface area contributed by atoms with Crippen LogP contribution in [0.3, 0.4) is 0 Å². The topological polar surface area (TPSA) is 78.9 Å². The fourth-order valence-electron chi connectivity index (χ4n) is 7.59. The van der Waals surface area contributed by atoms with E-state index in [4.69, 9.17) is 14.2 Å². The van der Waals surface area contributed by atoms with Gasteiger partial charge in [-0.2, -0.15) is 0 Å². The maximum atomic E-state index is 12.8. The number of carbonyl (C=O) groups is 3. The van der Waals surface area contributed by atoms with E-state index in [1.807, 2.05) is 6.08 Å². The lowest BCUT2D eigenvalue weighted by molar-refractivity contribution is -0.166. The highest BCUT2D eigenvalue weighted by Crippen LogP contribution is 2.14. The Labute approximate surface area is 414 Å². The molecule has 1 atom stereocenters. The number of esters is 3. The summed E-state index contributed by atoms with van der Waals surface area (Å²) in [4.78, 5) is 38.1. The Balaban J connectivity index is 4.49. The van der Waals surface area contributed by atoms with E-state index in [0.29, 0.717) is 19.3 Å². The van der Waals surface area contributed by atoms with E-state index in [0.717, 1.165) is 77.0 Å². The molecule has 0 saturated heterocycles. The molecule has 0 spiro atoms. The Morgan fingerprint density at radius 2 is 0.567 bits per heavy atom. The fraction of sp³-hybridized carbons (Fsp3) is 0.721. The van der Waals surface area contributed by atoms with E-state index in [2.05, 4.69) is 99.8 Å². The second-order valence-electron chi connectivity index (χ2n) is 18.5. The SMILES string of the molecule is CCCCC/C=C\C/C=C\C/C=C\C/C=C\C/C=C\CCC(=O)OC[C@H](COC(=O)CCCCCCCCC/C=C\CCCCCCCC)OC(=O)CCCCCCC/C=C\CCCCCC. The molecular formula is C61H104O6. The van der Waals surface area contributed by atoms with Gasteiger partial charge in [0.1, 0.15) is 13.2 Å². The molecule has 67 heavy (non-hydrogen) atoms. The van der Waals surface area contributed by atoms with Crippen LogP contribution < -0.4 is 0 Å². The molecule has 0 radical (unpaired) electrons. The van der Waals surface area contributed by atoms with E-state index >= 15 is 0 Å². The molecule has 0 aliphatic rings. The quantitative estimate of drug-likeness (QED) is 0.0262. The van der Waals surface area contributed by atoms with Crippen LogP contribution in [-0.2, 0) is 28.6 Å². The molecular weight excluding hydrogens is 829 g/mol. The van der Waals surface area contributed by atoms with Gasteiger partial charge in [0.25, 0.3) is 0 Å². The zero-order valence-corrected chi connectivity index (χ0v) is 43.9. The van der Waals surface area contributed by atoms with Gasteiger partial charge in [-0.15, -0.1) is 0 Å². The van der Waals surface area contributed by atoms with Gasteiger partial charge in [-0.05, 0) is 109 Å². The summed E-state index contributed by atoms with van der Waals surface area (Å²) in [5, 5.41) is 0. The number of rotatable bonds is 50. The highest BCUT2D eigenvalue weighted by atomic mass is 16.6. The molecule has 0 aromatic heterocycles. The lowest BCUT2D eigenvalue weighted by Crippen LogP contribution is -2.30. The Bertz CT molecular complexity index is 1300. The van der Waals surface area contributed by atoms with E-state index < -0.39 is 6.10 Å². The van der Waals surface area contributed by atoms with E-state index in [1.165, 1.54) is 141 Å². The average Bonchev–Trinajstić information content (AvgIpc) is 3.33. The van der Waals surface area contributed by atoms with Crippen LogP contribution in [0.4, 0.5) is 0 Å². The summed E-state index contributed by atoms with van der Waals surface area (Å²) in [5.74, 6) is -1.00. The number of carbonyl (C=O) groups excluding carboxylic acids is 3. The summed E-state index contributed by atoms with van der Waals surface area (Å²) in [6.07, 6.45) is 71.5. The number of hydrogen-bond donors (Lipinski definition) is 0. The van der Waals surface area contributed by atoms with Crippen molar-refractivity contribution >= 4 is 17.9 Å². The molecule has 0 rings (SSSR count). The minimum Gasteiger partial charge on any atom is -0.462 e. The van der Waals surface area contributed by atoms with Gasteiger partial charge in [0, 0.05) is 19.3 Å². The maximum Gasteiger partial charge on any atom is 0.306 e. The number of ether oxygens (including phenoxy) is 3. The molecule has 0 fully saturated rings. The minimum atomic E-state index is -0.812. The molecule has 0 aromatic carbocycles. The Morgan fingerprint density at radius 1 is 0.299 bits per heavy atom. The second kappa shape index (κ2) is 55.2. The molecule has 6 heteroatoms. The van der Waals surface area contributed by atoms with Crippen molar-refractivity contribution < 1.29 is 28.6 Å². The molecule has 0 saturated carbocycles. The van der Waals surface area contributed by atoms with Gasteiger partial charge < -0.3 is 14.2 Å². The lowest BCUT2D eigenvalue weighted by Gasteiger charge is -2.18. The molecule has 0 N–H and O–H groups in total. The standard InChI is InChI=1S/C61H104O6/c1-4-7-10-13-16-19-22-25-27-29-30-32-34-37-39-42-45-48-51-54-60(63)66-57-58(67-61(64)55-52-49-46-43-40-35-24-21-18-15-12-9-6-3)56-65-59(62)53-50-47-44-41-38-36-33-31-28-26-23-20-17-14-11-8-5-2/h16,19,21,24-28,30,32,37,39,45,48,58H,4-15,17-18,20,22-23,29,31,33-36,38,40-44,46-47,49-57H2,1-3H3/b19-16-,24-21-,27-25-,28-26-,32-30-,39-37-,48-45-/t58-/m0/s1. The molecule has 0 heterocycles. The van der Waals surface area contributed by atoms with Crippen LogP contribution in [0, 0.1) is 0 Å². The molecule has 384 valence electrons. The van der Waals surface area contributed by atoms with Crippen LogP contribution in [0.25, 0.3) is 0 Å². The second-order valence-corrected chi connectivity index (χ2v) is 18.5. The van der Waals surface area contributed by atoms with Crippen molar-refractivity contribution in [2.75, 3.05) is 13.2 Å². The first-order chi connectivity index (χ1) is 33.0.